The summed E-state index contributed by atoms with van der Waals surface area (Å²) >= 11 is 0. The van der Waals surface area contributed by atoms with Crippen LogP contribution in [0.1, 0.15) is 39.0 Å². The van der Waals surface area contributed by atoms with Gasteiger partial charge < -0.3 is 9.47 Å². The van der Waals surface area contributed by atoms with E-state index in [9.17, 15) is 0 Å². The van der Waals surface area contributed by atoms with Crippen LogP contribution >= 0.6 is 0 Å². The van der Waals surface area contributed by atoms with E-state index in [1.807, 2.05) is 6.92 Å². The molecule has 3 nitrogen and oxygen atoms in total. The molecule has 0 atom stereocenters. The van der Waals surface area contributed by atoms with E-state index in [4.69, 9.17) is 14.9 Å². The van der Waals surface area contributed by atoms with Crippen LogP contribution in [0.25, 0.3) is 0 Å². The molecular weight excluding hydrogens is 154 g/mol. The summed E-state index contributed by atoms with van der Waals surface area (Å²) in [6.07, 6.45) is 6.14. The zero-order valence-corrected chi connectivity index (χ0v) is 7.64. The first-order valence-electron chi connectivity index (χ1n) is 4.71. The molecule has 0 amide bonds. The van der Waals surface area contributed by atoms with Crippen molar-refractivity contribution in [1.82, 2.24) is 0 Å². The molecule has 1 fully saturated rings. The molecule has 0 unspecified atom stereocenters. The van der Waals surface area contributed by atoms with Gasteiger partial charge in [0, 0.05) is 0 Å². The first kappa shape index (κ1) is 9.36. The third-order valence-electron chi connectivity index (χ3n) is 2.10. The second-order valence-electron chi connectivity index (χ2n) is 3.10. The van der Waals surface area contributed by atoms with Crippen molar-refractivity contribution in [3.63, 3.8) is 0 Å². The van der Waals surface area contributed by atoms with Gasteiger partial charge in [0.2, 0.25) is 0 Å². The van der Waals surface area contributed by atoms with Gasteiger partial charge in [0.05, 0.1) is 6.61 Å². The van der Waals surface area contributed by atoms with E-state index in [1.54, 1.807) is 0 Å². The van der Waals surface area contributed by atoms with E-state index in [0.717, 1.165) is 12.8 Å². The fourth-order valence-corrected chi connectivity index (χ4v) is 1.50. The quantitative estimate of drug-likeness (QED) is 0.511. The molecule has 3 heteroatoms. The van der Waals surface area contributed by atoms with Crippen LogP contribution in [0.15, 0.2) is 0 Å². The topological polar surface area (TPSA) is 42.3 Å². The SMILES string of the molecule is CCOC(=N)OC1CCCCC1. The highest BCUT2D eigenvalue weighted by molar-refractivity contribution is 5.62. The van der Waals surface area contributed by atoms with Crippen LogP contribution in [0.2, 0.25) is 0 Å². The molecule has 1 aliphatic rings. The van der Waals surface area contributed by atoms with Crippen LogP contribution in [0, 0.1) is 5.41 Å². The van der Waals surface area contributed by atoms with Crippen LogP contribution in [-0.2, 0) is 9.47 Å². The Morgan fingerprint density at radius 1 is 1.33 bits per heavy atom. The van der Waals surface area contributed by atoms with Crippen molar-refractivity contribution >= 4 is 6.08 Å². The van der Waals surface area contributed by atoms with Crippen molar-refractivity contribution in [2.75, 3.05) is 6.61 Å². The maximum atomic E-state index is 7.28. The highest BCUT2D eigenvalue weighted by atomic mass is 16.7. The largest absolute Gasteiger partial charge is 0.451 e. The Labute approximate surface area is 73.6 Å². The van der Waals surface area contributed by atoms with Crippen molar-refractivity contribution in [2.24, 2.45) is 0 Å². The number of hydrogen-bond acceptors (Lipinski definition) is 3. The van der Waals surface area contributed by atoms with Crippen molar-refractivity contribution in [3.05, 3.63) is 0 Å². The molecule has 0 radical (unpaired) electrons. The van der Waals surface area contributed by atoms with Gasteiger partial charge in [0.25, 0.3) is 0 Å². The van der Waals surface area contributed by atoms with Crippen molar-refractivity contribution < 1.29 is 9.47 Å². The lowest BCUT2D eigenvalue weighted by Gasteiger charge is -2.22. The maximum absolute atomic E-state index is 7.28. The van der Waals surface area contributed by atoms with Crippen molar-refractivity contribution in [1.29, 1.82) is 5.41 Å². The van der Waals surface area contributed by atoms with E-state index < -0.39 is 0 Å². The van der Waals surface area contributed by atoms with E-state index >= 15 is 0 Å². The predicted molar refractivity (Wildman–Crippen MR) is 47.3 cm³/mol. The second-order valence-corrected chi connectivity index (χ2v) is 3.10. The minimum atomic E-state index is -0.00981. The molecule has 0 saturated heterocycles. The average Bonchev–Trinajstić information content (AvgIpc) is 2.06. The average molecular weight is 171 g/mol. The number of hydrogen-bond donors (Lipinski definition) is 1. The monoisotopic (exact) mass is 171 g/mol. The normalized spacial score (nSPS) is 18.8. The summed E-state index contributed by atoms with van der Waals surface area (Å²) in [4.78, 5) is 0. The summed E-state index contributed by atoms with van der Waals surface area (Å²) in [5.41, 5.74) is 0. The van der Waals surface area contributed by atoms with Crippen molar-refractivity contribution in [2.45, 2.75) is 45.1 Å². The van der Waals surface area contributed by atoms with Gasteiger partial charge in [-0.25, -0.2) is 5.41 Å². The van der Waals surface area contributed by atoms with Crippen LogP contribution < -0.4 is 0 Å². The molecule has 0 bridgehead atoms. The number of rotatable bonds is 2. The molecule has 0 heterocycles. The fourth-order valence-electron chi connectivity index (χ4n) is 1.50. The molecule has 1 aliphatic carbocycles. The van der Waals surface area contributed by atoms with Gasteiger partial charge in [-0.2, -0.15) is 0 Å². The fraction of sp³-hybridized carbons (Fsp3) is 0.889. The Bertz CT molecular complexity index is 141. The summed E-state index contributed by atoms with van der Waals surface area (Å²) in [6.45, 7) is 2.38. The number of nitrogens with one attached hydrogen (secondary N) is 1. The smallest absolute Gasteiger partial charge is 0.380 e. The minimum Gasteiger partial charge on any atom is -0.451 e. The van der Waals surface area contributed by atoms with Gasteiger partial charge >= 0.3 is 6.08 Å². The van der Waals surface area contributed by atoms with Crippen LogP contribution in [-0.4, -0.2) is 18.8 Å². The Morgan fingerprint density at radius 3 is 2.58 bits per heavy atom. The molecule has 0 aliphatic heterocycles. The van der Waals surface area contributed by atoms with Crippen molar-refractivity contribution in [3.8, 4) is 0 Å². The highest BCUT2D eigenvalue weighted by Crippen LogP contribution is 2.20. The first-order valence-corrected chi connectivity index (χ1v) is 4.71. The van der Waals surface area contributed by atoms with Gasteiger partial charge in [-0.05, 0) is 32.6 Å². The van der Waals surface area contributed by atoms with Gasteiger partial charge in [-0.15, -0.1) is 0 Å². The summed E-state index contributed by atoms with van der Waals surface area (Å²) in [6, 6.07) is 0. The molecule has 1 N–H and O–H groups in total. The maximum Gasteiger partial charge on any atom is 0.380 e. The van der Waals surface area contributed by atoms with E-state index in [2.05, 4.69) is 0 Å². The summed E-state index contributed by atoms with van der Waals surface area (Å²) in [5.74, 6) is 0. The second kappa shape index (κ2) is 5.01. The van der Waals surface area contributed by atoms with Crippen LogP contribution in [0.5, 0.6) is 0 Å². The Balaban J connectivity index is 2.15. The van der Waals surface area contributed by atoms with E-state index in [1.165, 1.54) is 19.3 Å². The lowest BCUT2D eigenvalue weighted by molar-refractivity contribution is 0.0829. The standard InChI is InChI=1S/C9H17NO2/c1-2-11-9(10)12-8-6-4-3-5-7-8/h8,10H,2-7H2,1H3. The molecular formula is C9H17NO2. The number of ether oxygens (including phenoxy) is 2. The van der Waals surface area contributed by atoms with E-state index in [-0.39, 0.29) is 12.2 Å². The van der Waals surface area contributed by atoms with Crippen LogP contribution in [0.3, 0.4) is 0 Å². The minimum absolute atomic E-state index is 0.00981. The van der Waals surface area contributed by atoms with Crippen LogP contribution in [0.4, 0.5) is 0 Å². The molecule has 0 aromatic rings. The van der Waals surface area contributed by atoms with Gasteiger partial charge in [0.15, 0.2) is 0 Å². The summed E-state index contributed by atoms with van der Waals surface area (Å²) < 4.78 is 10.2. The van der Waals surface area contributed by atoms with Gasteiger partial charge in [-0.1, -0.05) is 6.42 Å². The Hall–Kier alpha value is -0.730. The molecule has 0 aromatic heterocycles. The Morgan fingerprint density at radius 2 is 2.00 bits per heavy atom. The summed E-state index contributed by atoms with van der Waals surface area (Å²) in [7, 11) is 0. The lowest BCUT2D eigenvalue weighted by Crippen LogP contribution is -2.21. The molecule has 0 spiro atoms. The zero-order valence-electron chi connectivity index (χ0n) is 7.64. The molecule has 70 valence electrons. The summed E-state index contributed by atoms with van der Waals surface area (Å²) in [5, 5.41) is 7.28. The van der Waals surface area contributed by atoms with E-state index in [0.29, 0.717) is 6.61 Å². The zero-order chi connectivity index (χ0) is 8.81. The molecule has 12 heavy (non-hydrogen) atoms. The highest BCUT2D eigenvalue weighted by Gasteiger charge is 2.16. The molecule has 1 saturated carbocycles. The van der Waals surface area contributed by atoms with Gasteiger partial charge in [-0.3, -0.25) is 0 Å². The first-order chi connectivity index (χ1) is 5.83. The molecule has 0 aromatic carbocycles. The third-order valence-corrected chi connectivity index (χ3v) is 2.10. The Kier molecular flexibility index (Phi) is 3.91. The van der Waals surface area contributed by atoms with Gasteiger partial charge in [0.1, 0.15) is 6.10 Å². The lowest BCUT2D eigenvalue weighted by atomic mass is 9.98. The predicted octanol–water partition coefficient (Wildman–Crippen LogP) is 2.31. The third kappa shape index (κ3) is 3.11. The molecule has 1 rings (SSSR count).